The van der Waals surface area contributed by atoms with Crippen LogP contribution in [0.5, 0.6) is 0 Å². The van der Waals surface area contributed by atoms with Crippen molar-refractivity contribution in [2.75, 3.05) is 5.73 Å². The summed E-state index contributed by atoms with van der Waals surface area (Å²) in [5.41, 5.74) is 9.74. The summed E-state index contributed by atoms with van der Waals surface area (Å²) in [5.74, 6) is 1.25. The number of nitrogens with zero attached hydrogens (tertiary/aromatic N) is 2. The molecule has 16 heavy (non-hydrogen) atoms. The molecule has 1 unspecified atom stereocenters. The molecular weight excluding hydrogens is 198 g/mol. The van der Waals surface area contributed by atoms with Crippen LogP contribution in [0.25, 0.3) is 0 Å². The number of fused-ring (bicyclic) bond motifs is 1. The van der Waals surface area contributed by atoms with Gasteiger partial charge in [-0.3, -0.25) is 4.68 Å². The fourth-order valence-corrected chi connectivity index (χ4v) is 2.38. The molecule has 1 aliphatic rings. The van der Waals surface area contributed by atoms with E-state index in [1.165, 1.54) is 11.1 Å². The Morgan fingerprint density at radius 1 is 1.44 bits per heavy atom. The second-order valence-electron chi connectivity index (χ2n) is 4.52. The first kappa shape index (κ1) is 9.46. The molecular formula is C13H15N3. The molecule has 82 valence electrons. The van der Waals surface area contributed by atoms with Crippen LogP contribution in [0.15, 0.2) is 30.5 Å². The van der Waals surface area contributed by atoms with Crippen molar-refractivity contribution >= 4 is 5.82 Å². The van der Waals surface area contributed by atoms with Gasteiger partial charge in [-0.15, -0.1) is 0 Å². The number of aryl methyl sites for hydroxylation is 1. The van der Waals surface area contributed by atoms with Crippen LogP contribution in [0.1, 0.15) is 22.6 Å². The SMILES string of the molecule is Cc1cn(CC2Cc3ccccc32)nc1N. The van der Waals surface area contributed by atoms with Crippen molar-refractivity contribution in [2.24, 2.45) is 0 Å². The van der Waals surface area contributed by atoms with Gasteiger partial charge in [0.05, 0.1) is 0 Å². The summed E-state index contributed by atoms with van der Waals surface area (Å²) in [4.78, 5) is 0. The summed E-state index contributed by atoms with van der Waals surface area (Å²) in [6.45, 7) is 2.93. The van der Waals surface area contributed by atoms with E-state index in [1.54, 1.807) is 0 Å². The molecule has 1 aliphatic carbocycles. The van der Waals surface area contributed by atoms with Crippen LogP contribution in [0.2, 0.25) is 0 Å². The highest BCUT2D eigenvalue weighted by Crippen LogP contribution is 2.35. The highest BCUT2D eigenvalue weighted by atomic mass is 15.3. The summed E-state index contributed by atoms with van der Waals surface area (Å²) >= 11 is 0. The molecule has 3 nitrogen and oxygen atoms in total. The lowest BCUT2D eigenvalue weighted by molar-refractivity contribution is 0.476. The van der Waals surface area contributed by atoms with Gasteiger partial charge in [-0.25, -0.2) is 0 Å². The van der Waals surface area contributed by atoms with Crippen LogP contribution in [0.3, 0.4) is 0 Å². The molecule has 1 atom stereocenters. The molecule has 1 heterocycles. The lowest BCUT2D eigenvalue weighted by Crippen LogP contribution is -2.22. The van der Waals surface area contributed by atoms with Gasteiger partial charge in [0, 0.05) is 24.2 Å². The van der Waals surface area contributed by atoms with E-state index >= 15 is 0 Å². The van der Waals surface area contributed by atoms with Crippen molar-refractivity contribution in [3.8, 4) is 0 Å². The number of anilines is 1. The first-order valence-corrected chi connectivity index (χ1v) is 5.61. The zero-order valence-corrected chi connectivity index (χ0v) is 9.35. The van der Waals surface area contributed by atoms with Crippen LogP contribution < -0.4 is 5.73 Å². The summed E-state index contributed by atoms with van der Waals surface area (Å²) in [5, 5.41) is 4.30. The van der Waals surface area contributed by atoms with Crippen LogP contribution in [-0.4, -0.2) is 9.78 Å². The molecule has 0 saturated heterocycles. The lowest BCUT2D eigenvalue weighted by atomic mass is 9.78. The highest BCUT2D eigenvalue weighted by Gasteiger charge is 2.25. The molecule has 0 fully saturated rings. The molecule has 3 rings (SSSR count). The van der Waals surface area contributed by atoms with Gasteiger partial charge in [-0.05, 0) is 24.5 Å². The zero-order valence-electron chi connectivity index (χ0n) is 9.35. The van der Waals surface area contributed by atoms with Gasteiger partial charge in [0.25, 0.3) is 0 Å². The molecule has 0 radical (unpaired) electrons. The van der Waals surface area contributed by atoms with Crippen molar-refractivity contribution in [3.63, 3.8) is 0 Å². The number of nitrogens with two attached hydrogens (primary N) is 1. The number of rotatable bonds is 2. The minimum absolute atomic E-state index is 0.606. The fourth-order valence-electron chi connectivity index (χ4n) is 2.38. The first-order valence-electron chi connectivity index (χ1n) is 5.61. The van der Waals surface area contributed by atoms with E-state index in [1.807, 2.05) is 17.8 Å². The number of aromatic nitrogens is 2. The Hall–Kier alpha value is -1.77. The Bertz CT molecular complexity index is 508. The number of hydrogen-bond donors (Lipinski definition) is 1. The maximum absolute atomic E-state index is 5.74. The average Bonchev–Trinajstić information content (AvgIpc) is 2.55. The number of nitrogen functional groups attached to an aromatic ring is 1. The number of hydrogen-bond acceptors (Lipinski definition) is 2. The molecule has 2 aromatic rings. The Kier molecular flexibility index (Phi) is 1.99. The van der Waals surface area contributed by atoms with E-state index < -0.39 is 0 Å². The molecule has 0 amide bonds. The van der Waals surface area contributed by atoms with Gasteiger partial charge >= 0.3 is 0 Å². The first-order chi connectivity index (χ1) is 7.74. The standard InChI is InChI=1S/C13H15N3/c1-9-7-16(15-13(9)14)8-11-6-10-4-2-3-5-12(10)11/h2-5,7,11H,6,8H2,1H3,(H2,14,15). The van der Waals surface area contributed by atoms with Crippen molar-refractivity contribution in [1.82, 2.24) is 9.78 Å². The van der Waals surface area contributed by atoms with Crippen molar-refractivity contribution in [1.29, 1.82) is 0 Å². The van der Waals surface area contributed by atoms with Crippen LogP contribution in [0.4, 0.5) is 5.82 Å². The number of benzene rings is 1. The fraction of sp³-hybridized carbons (Fsp3) is 0.308. The Morgan fingerprint density at radius 3 is 2.94 bits per heavy atom. The minimum Gasteiger partial charge on any atom is -0.382 e. The third-order valence-electron chi connectivity index (χ3n) is 3.35. The largest absolute Gasteiger partial charge is 0.382 e. The lowest BCUT2D eigenvalue weighted by Gasteiger charge is -2.29. The summed E-state index contributed by atoms with van der Waals surface area (Å²) in [6, 6.07) is 8.62. The van der Waals surface area contributed by atoms with Gasteiger partial charge < -0.3 is 5.73 Å². The average molecular weight is 213 g/mol. The third kappa shape index (κ3) is 1.40. The zero-order chi connectivity index (χ0) is 11.1. The summed E-state index contributed by atoms with van der Waals surface area (Å²) in [7, 11) is 0. The van der Waals surface area contributed by atoms with Crippen LogP contribution in [-0.2, 0) is 13.0 Å². The van der Waals surface area contributed by atoms with E-state index in [9.17, 15) is 0 Å². The molecule has 1 aromatic carbocycles. The summed E-state index contributed by atoms with van der Waals surface area (Å²) < 4.78 is 1.96. The molecule has 0 bridgehead atoms. The Labute approximate surface area is 94.9 Å². The van der Waals surface area contributed by atoms with Gasteiger partial charge in [0.15, 0.2) is 0 Å². The summed E-state index contributed by atoms with van der Waals surface area (Å²) in [6.07, 6.45) is 3.19. The monoisotopic (exact) mass is 213 g/mol. The smallest absolute Gasteiger partial charge is 0.148 e. The van der Waals surface area contributed by atoms with E-state index in [0.29, 0.717) is 11.7 Å². The van der Waals surface area contributed by atoms with E-state index in [2.05, 4.69) is 29.4 Å². The van der Waals surface area contributed by atoms with Crippen molar-refractivity contribution in [3.05, 3.63) is 47.2 Å². The topological polar surface area (TPSA) is 43.8 Å². The van der Waals surface area contributed by atoms with E-state index in [-0.39, 0.29) is 0 Å². The molecule has 2 N–H and O–H groups in total. The second kappa shape index (κ2) is 3.37. The second-order valence-corrected chi connectivity index (χ2v) is 4.52. The quantitative estimate of drug-likeness (QED) is 0.830. The predicted molar refractivity (Wildman–Crippen MR) is 64.3 cm³/mol. The molecule has 0 saturated carbocycles. The van der Waals surface area contributed by atoms with Crippen LogP contribution in [0, 0.1) is 6.92 Å². The molecule has 0 spiro atoms. The van der Waals surface area contributed by atoms with Crippen LogP contribution >= 0.6 is 0 Å². The van der Waals surface area contributed by atoms with Gasteiger partial charge in [-0.1, -0.05) is 24.3 Å². The maximum Gasteiger partial charge on any atom is 0.148 e. The minimum atomic E-state index is 0.606. The third-order valence-corrected chi connectivity index (χ3v) is 3.35. The van der Waals surface area contributed by atoms with Gasteiger partial charge in [0.2, 0.25) is 0 Å². The molecule has 1 aromatic heterocycles. The molecule has 0 aliphatic heterocycles. The molecule has 3 heteroatoms. The highest BCUT2D eigenvalue weighted by molar-refractivity contribution is 5.40. The van der Waals surface area contributed by atoms with E-state index in [0.717, 1.165) is 18.5 Å². The Morgan fingerprint density at radius 2 is 2.25 bits per heavy atom. The normalized spacial score (nSPS) is 17.9. The van der Waals surface area contributed by atoms with Gasteiger partial charge in [-0.2, -0.15) is 5.10 Å². The van der Waals surface area contributed by atoms with Crippen molar-refractivity contribution in [2.45, 2.75) is 25.8 Å². The van der Waals surface area contributed by atoms with E-state index in [4.69, 9.17) is 5.73 Å². The maximum atomic E-state index is 5.74. The Balaban J connectivity index is 1.79. The predicted octanol–water partition coefficient (Wildman–Crippen LogP) is 2.11. The van der Waals surface area contributed by atoms with Gasteiger partial charge in [0.1, 0.15) is 5.82 Å². The van der Waals surface area contributed by atoms with Crippen molar-refractivity contribution < 1.29 is 0 Å².